The summed E-state index contributed by atoms with van der Waals surface area (Å²) in [5.41, 5.74) is -0.685. The van der Waals surface area contributed by atoms with E-state index in [2.05, 4.69) is 5.32 Å². The highest BCUT2D eigenvalue weighted by atomic mass is 16.6. The third-order valence-corrected chi connectivity index (χ3v) is 3.92. The molecule has 0 aromatic carbocycles. The molecule has 0 bridgehead atoms. The predicted octanol–water partition coefficient (Wildman–Crippen LogP) is 0.361. The number of carbonyl (C=O) groups excluding carboxylic acids is 4. The van der Waals surface area contributed by atoms with E-state index in [0.717, 1.165) is 0 Å². The van der Waals surface area contributed by atoms with Crippen molar-refractivity contribution in [3.63, 3.8) is 0 Å². The molecule has 2 atom stereocenters. The summed E-state index contributed by atoms with van der Waals surface area (Å²) in [6.07, 6.45) is 1.42. The Morgan fingerprint density at radius 2 is 1.88 bits per heavy atom. The molecule has 134 valence electrons. The predicted molar refractivity (Wildman–Crippen MR) is 84.3 cm³/mol. The topological polar surface area (TPSA) is 96.0 Å². The second-order valence-electron chi connectivity index (χ2n) is 7.18. The molecule has 8 nitrogen and oxygen atoms in total. The maximum Gasteiger partial charge on any atom is 0.331 e. The number of hydrogen-bond donors (Lipinski definition) is 1. The number of esters is 1. The van der Waals surface area contributed by atoms with Gasteiger partial charge in [0.25, 0.3) is 5.91 Å². The maximum atomic E-state index is 12.9. The van der Waals surface area contributed by atoms with Crippen LogP contribution in [-0.4, -0.2) is 57.9 Å². The number of nitrogens with zero attached hydrogens (tertiary/aromatic N) is 2. The van der Waals surface area contributed by atoms with Gasteiger partial charge in [-0.05, 0) is 40.0 Å². The number of hydrogen-bond acceptors (Lipinski definition) is 5. The van der Waals surface area contributed by atoms with E-state index in [1.54, 1.807) is 20.8 Å². The molecular weight excluding hydrogens is 314 g/mol. The number of fused-ring (bicyclic) bond motifs is 1. The third kappa shape index (κ3) is 4.04. The molecule has 24 heavy (non-hydrogen) atoms. The van der Waals surface area contributed by atoms with Crippen LogP contribution >= 0.6 is 0 Å². The Hall–Kier alpha value is -2.12. The molecule has 0 radical (unpaired) electrons. The van der Waals surface area contributed by atoms with Crippen LogP contribution in [0.2, 0.25) is 0 Å². The molecule has 0 aromatic heterocycles. The van der Waals surface area contributed by atoms with Crippen LogP contribution in [0.15, 0.2) is 0 Å². The number of rotatable bonds is 2. The lowest BCUT2D eigenvalue weighted by atomic mass is 10.1. The molecule has 3 amide bonds. The van der Waals surface area contributed by atoms with Gasteiger partial charge in [0.15, 0.2) is 6.04 Å². The minimum Gasteiger partial charge on any atom is -0.458 e. The average molecular weight is 339 g/mol. The lowest BCUT2D eigenvalue weighted by Crippen LogP contribution is -2.62. The van der Waals surface area contributed by atoms with Gasteiger partial charge >= 0.3 is 5.97 Å². The SMILES string of the molecule is CC(=O)N[C@H]1CCC(=O)N2CCC[C@@H](C(=O)OC(C)(C)C)N2C1=O. The summed E-state index contributed by atoms with van der Waals surface area (Å²) in [6.45, 7) is 6.96. The van der Waals surface area contributed by atoms with Gasteiger partial charge in [-0.2, -0.15) is 0 Å². The Morgan fingerprint density at radius 1 is 1.21 bits per heavy atom. The Balaban J connectivity index is 2.29. The van der Waals surface area contributed by atoms with E-state index >= 15 is 0 Å². The summed E-state index contributed by atoms with van der Waals surface area (Å²) in [6, 6.07) is -1.65. The van der Waals surface area contributed by atoms with E-state index in [0.29, 0.717) is 19.4 Å². The molecule has 2 aliphatic rings. The zero-order valence-corrected chi connectivity index (χ0v) is 14.6. The first-order valence-electron chi connectivity index (χ1n) is 8.23. The maximum absolute atomic E-state index is 12.9. The molecule has 0 aliphatic carbocycles. The largest absolute Gasteiger partial charge is 0.458 e. The van der Waals surface area contributed by atoms with Gasteiger partial charge in [0, 0.05) is 19.9 Å². The standard InChI is InChI=1S/C16H25N3O5/c1-10(20)17-11-7-8-13(21)18-9-5-6-12(19(18)14(11)22)15(23)24-16(2,3)4/h11-12H,5-9H2,1-4H3,(H,17,20)/t11-,12-/m0/s1. The van der Waals surface area contributed by atoms with Crippen molar-refractivity contribution in [2.45, 2.75) is 71.1 Å². The first-order chi connectivity index (χ1) is 11.1. The quantitative estimate of drug-likeness (QED) is 0.733. The van der Waals surface area contributed by atoms with Crippen molar-refractivity contribution in [1.82, 2.24) is 15.3 Å². The van der Waals surface area contributed by atoms with E-state index in [4.69, 9.17) is 4.74 Å². The van der Waals surface area contributed by atoms with Crippen LogP contribution in [0.3, 0.4) is 0 Å². The van der Waals surface area contributed by atoms with Gasteiger partial charge < -0.3 is 10.1 Å². The zero-order valence-electron chi connectivity index (χ0n) is 14.6. The van der Waals surface area contributed by atoms with Crippen molar-refractivity contribution >= 4 is 23.7 Å². The van der Waals surface area contributed by atoms with Gasteiger partial charge in [-0.1, -0.05) is 0 Å². The van der Waals surface area contributed by atoms with E-state index in [1.807, 2.05) is 0 Å². The summed E-state index contributed by atoms with van der Waals surface area (Å²) in [4.78, 5) is 49.1. The first-order valence-corrected chi connectivity index (χ1v) is 8.23. The highest BCUT2D eigenvalue weighted by Gasteiger charge is 2.45. The highest BCUT2D eigenvalue weighted by Crippen LogP contribution is 2.26. The third-order valence-electron chi connectivity index (χ3n) is 3.92. The first kappa shape index (κ1) is 18.2. The molecule has 0 unspecified atom stereocenters. The van der Waals surface area contributed by atoms with E-state index < -0.39 is 29.6 Å². The zero-order chi connectivity index (χ0) is 18.1. The van der Waals surface area contributed by atoms with Crippen LogP contribution in [0.4, 0.5) is 0 Å². The van der Waals surface area contributed by atoms with Gasteiger partial charge in [0.1, 0.15) is 11.6 Å². The van der Waals surface area contributed by atoms with Crippen LogP contribution in [0.1, 0.15) is 53.4 Å². The van der Waals surface area contributed by atoms with Crippen molar-refractivity contribution in [2.75, 3.05) is 6.54 Å². The number of ether oxygens (including phenoxy) is 1. The lowest BCUT2D eigenvalue weighted by molar-refractivity contribution is -0.187. The summed E-state index contributed by atoms with van der Waals surface area (Å²) in [7, 11) is 0. The fourth-order valence-corrected chi connectivity index (χ4v) is 3.00. The second-order valence-corrected chi connectivity index (χ2v) is 7.18. The van der Waals surface area contributed by atoms with Gasteiger partial charge in [0.2, 0.25) is 11.8 Å². The molecule has 0 spiro atoms. The lowest BCUT2D eigenvalue weighted by Gasteiger charge is -2.43. The van der Waals surface area contributed by atoms with E-state index in [-0.39, 0.29) is 24.7 Å². The molecular formula is C16H25N3O5. The van der Waals surface area contributed by atoms with E-state index in [9.17, 15) is 19.2 Å². The molecule has 2 rings (SSSR count). The van der Waals surface area contributed by atoms with Crippen LogP contribution < -0.4 is 5.32 Å². The normalized spacial score (nSPS) is 25.0. The smallest absolute Gasteiger partial charge is 0.331 e. The molecule has 2 aliphatic heterocycles. The van der Waals surface area contributed by atoms with Crippen LogP contribution in [0, 0.1) is 0 Å². The summed E-state index contributed by atoms with van der Waals surface area (Å²) in [5, 5.41) is 5.11. The van der Waals surface area contributed by atoms with Gasteiger partial charge in [-0.15, -0.1) is 0 Å². The fraction of sp³-hybridized carbons (Fsp3) is 0.750. The van der Waals surface area contributed by atoms with Crippen molar-refractivity contribution in [2.24, 2.45) is 0 Å². The number of amides is 3. The molecule has 0 saturated carbocycles. The molecule has 8 heteroatoms. The Bertz CT molecular complexity index is 554. The molecule has 2 fully saturated rings. The van der Waals surface area contributed by atoms with Crippen LogP contribution in [0.5, 0.6) is 0 Å². The highest BCUT2D eigenvalue weighted by molar-refractivity contribution is 5.94. The monoisotopic (exact) mass is 339 g/mol. The second kappa shape index (κ2) is 6.78. The number of hydrazine groups is 1. The van der Waals surface area contributed by atoms with E-state index in [1.165, 1.54) is 16.9 Å². The Kier molecular flexibility index (Phi) is 5.15. The number of nitrogens with one attached hydrogen (secondary N) is 1. The van der Waals surface area contributed by atoms with Crippen LogP contribution in [-0.2, 0) is 23.9 Å². The number of carbonyl (C=O) groups is 4. The summed E-state index contributed by atoms with van der Waals surface area (Å²) >= 11 is 0. The van der Waals surface area contributed by atoms with Crippen molar-refractivity contribution < 1.29 is 23.9 Å². The Morgan fingerprint density at radius 3 is 2.46 bits per heavy atom. The molecule has 2 heterocycles. The average Bonchev–Trinajstić information content (AvgIpc) is 2.57. The summed E-state index contributed by atoms with van der Waals surface area (Å²) in [5.74, 6) is -1.53. The molecule has 2 saturated heterocycles. The van der Waals surface area contributed by atoms with Crippen LogP contribution in [0.25, 0.3) is 0 Å². The fourth-order valence-electron chi connectivity index (χ4n) is 3.00. The molecule has 0 aromatic rings. The van der Waals surface area contributed by atoms with Gasteiger partial charge in [0.05, 0.1) is 0 Å². The van der Waals surface area contributed by atoms with Crippen molar-refractivity contribution in [3.8, 4) is 0 Å². The van der Waals surface area contributed by atoms with Crippen molar-refractivity contribution in [1.29, 1.82) is 0 Å². The van der Waals surface area contributed by atoms with Gasteiger partial charge in [-0.3, -0.25) is 19.4 Å². The summed E-state index contributed by atoms with van der Waals surface area (Å²) < 4.78 is 5.41. The minimum absolute atomic E-state index is 0.147. The molecule has 1 N–H and O–H groups in total. The van der Waals surface area contributed by atoms with Crippen molar-refractivity contribution in [3.05, 3.63) is 0 Å². The van der Waals surface area contributed by atoms with Gasteiger partial charge in [-0.25, -0.2) is 9.80 Å². The minimum atomic E-state index is -0.844. The Labute approximate surface area is 141 Å².